The molecule has 1 amide bonds. The van der Waals surface area contributed by atoms with Crippen molar-refractivity contribution in [1.29, 1.82) is 0 Å². The molecule has 128 valence electrons. The lowest BCUT2D eigenvalue weighted by Gasteiger charge is -2.39. The first-order chi connectivity index (χ1) is 11.0. The molecule has 4 heteroatoms. The van der Waals surface area contributed by atoms with Gasteiger partial charge in [-0.1, -0.05) is 44.2 Å². The third-order valence-corrected chi connectivity index (χ3v) is 4.57. The van der Waals surface area contributed by atoms with Gasteiger partial charge in [-0.2, -0.15) is 0 Å². The monoisotopic (exact) mass is 317 g/mol. The number of hydrogen-bond donors (Lipinski definition) is 0. The van der Waals surface area contributed by atoms with Gasteiger partial charge in [-0.3, -0.25) is 9.69 Å². The van der Waals surface area contributed by atoms with Gasteiger partial charge in [-0.15, -0.1) is 0 Å². The molecular weight excluding hydrogens is 286 g/mol. The molecule has 0 radical (unpaired) electrons. The lowest BCUT2D eigenvalue weighted by atomic mass is 10.1. The predicted octanol–water partition coefficient (Wildman–Crippen LogP) is 2.31. The lowest BCUT2D eigenvalue weighted by Crippen LogP contribution is -2.54. The first-order valence-electron chi connectivity index (χ1n) is 8.72. The van der Waals surface area contributed by atoms with E-state index in [-0.39, 0.29) is 11.9 Å². The summed E-state index contributed by atoms with van der Waals surface area (Å²) in [6.45, 7) is 12.5. The van der Waals surface area contributed by atoms with Crippen molar-refractivity contribution in [1.82, 2.24) is 14.7 Å². The van der Waals surface area contributed by atoms with Crippen LogP contribution >= 0.6 is 0 Å². The summed E-state index contributed by atoms with van der Waals surface area (Å²) in [7, 11) is 1.90. The number of carbonyl (C=O) groups excluding carboxylic acids is 1. The van der Waals surface area contributed by atoms with Crippen molar-refractivity contribution in [2.24, 2.45) is 5.92 Å². The van der Waals surface area contributed by atoms with Crippen molar-refractivity contribution >= 4 is 5.91 Å². The van der Waals surface area contributed by atoms with E-state index in [1.54, 1.807) is 0 Å². The Balaban J connectivity index is 1.83. The van der Waals surface area contributed by atoms with Crippen LogP contribution in [0.5, 0.6) is 0 Å². The summed E-state index contributed by atoms with van der Waals surface area (Å²) in [5, 5.41) is 0. The normalized spacial score (nSPS) is 18.1. The van der Waals surface area contributed by atoms with Gasteiger partial charge in [-0.05, 0) is 18.4 Å². The van der Waals surface area contributed by atoms with Gasteiger partial charge in [0, 0.05) is 46.3 Å². The van der Waals surface area contributed by atoms with E-state index < -0.39 is 0 Å². The minimum absolute atomic E-state index is 0.0371. The molecule has 1 aliphatic rings. The maximum atomic E-state index is 12.7. The molecule has 0 spiro atoms. The highest BCUT2D eigenvalue weighted by Crippen LogP contribution is 2.11. The fraction of sp³-hybridized carbons (Fsp3) is 0.632. The molecule has 0 saturated carbocycles. The molecular formula is C19H31N3O. The number of nitrogens with zero attached hydrogens (tertiary/aromatic N) is 3. The SMILES string of the molecule is CC(C)CN1CCN(C(C)C(=O)N(C)Cc2ccccc2)CC1. The Bertz CT molecular complexity index is 481. The van der Waals surface area contributed by atoms with Crippen LogP contribution in [0.15, 0.2) is 30.3 Å². The van der Waals surface area contributed by atoms with Gasteiger partial charge in [0.25, 0.3) is 0 Å². The van der Waals surface area contributed by atoms with Crippen molar-refractivity contribution in [3.8, 4) is 0 Å². The summed E-state index contributed by atoms with van der Waals surface area (Å²) in [6.07, 6.45) is 0. The van der Waals surface area contributed by atoms with Gasteiger partial charge in [0.15, 0.2) is 0 Å². The smallest absolute Gasteiger partial charge is 0.239 e. The fourth-order valence-electron chi connectivity index (χ4n) is 3.26. The van der Waals surface area contributed by atoms with E-state index in [2.05, 4.69) is 35.8 Å². The molecule has 0 aliphatic carbocycles. The number of piperazine rings is 1. The van der Waals surface area contributed by atoms with E-state index in [9.17, 15) is 4.79 Å². The van der Waals surface area contributed by atoms with Crippen molar-refractivity contribution in [2.75, 3.05) is 39.8 Å². The first kappa shape index (κ1) is 18.0. The summed E-state index contributed by atoms with van der Waals surface area (Å²) < 4.78 is 0. The lowest BCUT2D eigenvalue weighted by molar-refractivity contribution is -0.136. The molecule has 1 unspecified atom stereocenters. The van der Waals surface area contributed by atoms with E-state index >= 15 is 0 Å². The minimum atomic E-state index is -0.0371. The van der Waals surface area contributed by atoms with Crippen LogP contribution in [-0.4, -0.2) is 66.4 Å². The van der Waals surface area contributed by atoms with Crippen molar-refractivity contribution in [2.45, 2.75) is 33.4 Å². The molecule has 1 aromatic carbocycles. The Kier molecular flexibility index (Phi) is 6.60. The van der Waals surface area contributed by atoms with Crippen LogP contribution in [0.3, 0.4) is 0 Å². The maximum absolute atomic E-state index is 12.7. The van der Waals surface area contributed by atoms with Crippen LogP contribution in [0.2, 0.25) is 0 Å². The van der Waals surface area contributed by atoms with Gasteiger partial charge in [0.1, 0.15) is 0 Å². The molecule has 4 nitrogen and oxygen atoms in total. The van der Waals surface area contributed by atoms with Crippen LogP contribution in [-0.2, 0) is 11.3 Å². The first-order valence-corrected chi connectivity index (χ1v) is 8.72. The van der Waals surface area contributed by atoms with Crippen molar-refractivity contribution in [3.63, 3.8) is 0 Å². The van der Waals surface area contributed by atoms with E-state index in [1.807, 2.05) is 37.1 Å². The van der Waals surface area contributed by atoms with Crippen molar-refractivity contribution < 1.29 is 4.79 Å². The van der Waals surface area contributed by atoms with Crippen LogP contribution in [0.25, 0.3) is 0 Å². The highest BCUT2D eigenvalue weighted by Gasteiger charge is 2.27. The van der Waals surface area contributed by atoms with Crippen molar-refractivity contribution in [3.05, 3.63) is 35.9 Å². The summed E-state index contributed by atoms with van der Waals surface area (Å²) in [5.41, 5.74) is 1.18. The Labute approximate surface area is 141 Å². The standard InChI is InChI=1S/C19H31N3O/c1-16(2)14-21-10-12-22(13-11-21)17(3)19(23)20(4)15-18-8-6-5-7-9-18/h5-9,16-17H,10-15H2,1-4H3. The van der Waals surface area contributed by atoms with Gasteiger partial charge < -0.3 is 9.80 Å². The maximum Gasteiger partial charge on any atom is 0.239 e. The van der Waals surface area contributed by atoms with Gasteiger partial charge in [0.2, 0.25) is 5.91 Å². The zero-order valence-electron chi connectivity index (χ0n) is 15.0. The number of hydrogen-bond acceptors (Lipinski definition) is 3. The average Bonchev–Trinajstić information content (AvgIpc) is 2.54. The Hall–Kier alpha value is -1.39. The number of likely N-dealkylation sites (N-methyl/N-ethyl adjacent to an activating group) is 1. The highest BCUT2D eigenvalue weighted by molar-refractivity contribution is 5.81. The second-order valence-corrected chi connectivity index (χ2v) is 7.09. The molecule has 1 atom stereocenters. The van der Waals surface area contributed by atoms with Crippen LogP contribution in [0.1, 0.15) is 26.3 Å². The Morgan fingerprint density at radius 2 is 1.70 bits per heavy atom. The zero-order valence-corrected chi connectivity index (χ0v) is 15.0. The number of amides is 1. The topological polar surface area (TPSA) is 26.8 Å². The molecule has 0 N–H and O–H groups in total. The quantitative estimate of drug-likeness (QED) is 0.805. The van der Waals surface area contributed by atoms with Gasteiger partial charge in [0.05, 0.1) is 6.04 Å². The summed E-state index contributed by atoms with van der Waals surface area (Å²) >= 11 is 0. The summed E-state index contributed by atoms with van der Waals surface area (Å²) in [6, 6.07) is 10.1. The number of rotatable bonds is 6. The predicted molar refractivity (Wildman–Crippen MR) is 95.2 cm³/mol. The minimum Gasteiger partial charge on any atom is -0.340 e. The van der Waals surface area contributed by atoms with Gasteiger partial charge in [-0.25, -0.2) is 0 Å². The average molecular weight is 317 g/mol. The largest absolute Gasteiger partial charge is 0.340 e. The second-order valence-electron chi connectivity index (χ2n) is 7.09. The molecule has 0 bridgehead atoms. The Morgan fingerprint density at radius 1 is 1.09 bits per heavy atom. The van der Waals surface area contributed by atoms with Crippen LogP contribution in [0, 0.1) is 5.92 Å². The molecule has 0 aromatic heterocycles. The number of benzene rings is 1. The molecule has 1 aromatic rings. The highest BCUT2D eigenvalue weighted by atomic mass is 16.2. The van der Waals surface area contributed by atoms with E-state index in [1.165, 1.54) is 5.56 Å². The molecule has 1 fully saturated rings. The third-order valence-electron chi connectivity index (χ3n) is 4.57. The Morgan fingerprint density at radius 3 is 2.26 bits per heavy atom. The molecule has 2 rings (SSSR count). The van der Waals surface area contributed by atoms with E-state index in [0.29, 0.717) is 12.5 Å². The molecule has 1 aliphatic heterocycles. The van der Waals surface area contributed by atoms with E-state index in [4.69, 9.17) is 0 Å². The molecule has 1 heterocycles. The van der Waals surface area contributed by atoms with Gasteiger partial charge >= 0.3 is 0 Å². The fourth-order valence-corrected chi connectivity index (χ4v) is 3.26. The van der Waals surface area contributed by atoms with E-state index in [0.717, 1.165) is 32.7 Å². The van der Waals surface area contributed by atoms with Crippen LogP contribution in [0.4, 0.5) is 0 Å². The van der Waals surface area contributed by atoms with Crippen LogP contribution < -0.4 is 0 Å². The summed E-state index contributed by atoms with van der Waals surface area (Å²) in [4.78, 5) is 19.4. The number of carbonyl (C=O) groups is 1. The summed E-state index contributed by atoms with van der Waals surface area (Å²) in [5.74, 6) is 0.920. The molecule has 1 saturated heterocycles. The zero-order chi connectivity index (χ0) is 16.8. The second kappa shape index (κ2) is 8.46. The third kappa shape index (κ3) is 5.33. The molecule has 23 heavy (non-hydrogen) atoms.